The van der Waals surface area contributed by atoms with Crippen molar-refractivity contribution in [2.45, 2.75) is 12.8 Å². The van der Waals surface area contributed by atoms with E-state index in [0.29, 0.717) is 16.9 Å². The van der Waals surface area contributed by atoms with Crippen molar-refractivity contribution in [3.05, 3.63) is 71.6 Å². The van der Waals surface area contributed by atoms with Crippen LogP contribution in [0.4, 0.5) is 0 Å². The van der Waals surface area contributed by atoms with Gasteiger partial charge < -0.3 is 14.3 Å². The molecule has 150 valence electrons. The van der Waals surface area contributed by atoms with Crippen LogP contribution in [0.5, 0.6) is 5.75 Å². The lowest BCUT2D eigenvalue weighted by atomic mass is 9.91. The molecule has 1 N–H and O–H groups in total. The molecule has 0 spiro atoms. The number of hydrogen-bond donors (Lipinski definition) is 1. The van der Waals surface area contributed by atoms with E-state index in [0.717, 1.165) is 40.7 Å². The standard InChI is InChI=1S/C25H21NO4/c1-29-17-9-11-21-23(15-17)30-22-14-16(26-12-4-5-13-26)8-10-20(22)24(21)18-6-2-3-7-19(18)25(27)28/h2-3,6-11,14-15H,4-5,12-13H2,1H3/p+1. The van der Waals surface area contributed by atoms with Gasteiger partial charge in [0.05, 0.1) is 18.7 Å². The van der Waals surface area contributed by atoms with E-state index < -0.39 is 5.97 Å². The van der Waals surface area contributed by atoms with Crippen molar-refractivity contribution in [2.75, 3.05) is 20.2 Å². The van der Waals surface area contributed by atoms with Crippen molar-refractivity contribution in [3.8, 4) is 28.2 Å². The third-order valence-electron chi connectivity index (χ3n) is 5.81. The number of rotatable bonds is 3. The van der Waals surface area contributed by atoms with Crippen molar-refractivity contribution < 1.29 is 19.1 Å². The van der Waals surface area contributed by atoms with Gasteiger partial charge in [0, 0.05) is 41.5 Å². The van der Waals surface area contributed by atoms with Crippen molar-refractivity contribution in [1.82, 2.24) is 4.58 Å². The molecule has 0 atom stereocenters. The van der Waals surface area contributed by atoms with Gasteiger partial charge in [-0.25, -0.2) is 9.37 Å². The molecule has 1 aliphatic carbocycles. The number of fused-ring (bicyclic) bond motifs is 2. The highest BCUT2D eigenvalue weighted by molar-refractivity contribution is 6.07. The van der Waals surface area contributed by atoms with Crippen LogP contribution in [-0.2, 0) is 0 Å². The number of hydrogen-bond acceptors (Lipinski definition) is 3. The number of ether oxygens (including phenoxy) is 1. The van der Waals surface area contributed by atoms with Crippen LogP contribution in [0.25, 0.3) is 33.4 Å². The van der Waals surface area contributed by atoms with Gasteiger partial charge in [-0.05, 0) is 29.8 Å². The number of carboxylic acid groups (broad SMARTS) is 1. The average molecular weight is 400 g/mol. The summed E-state index contributed by atoms with van der Waals surface area (Å²) < 4.78 is 14.0. The van der Waals surface area contributed by atoms with E-state index >= 15 is 0 Å². The molecule has 0 amide bonds. The van der Waals surface area contributed by atoms with Gasteiger partial charge in [0.25, 0.3) is 0 Å². The second-order valence-corrected chi connectivity index (χ2v) is 7.56. The van der Waals surface area contributed by atoms with E-state index in [1.165, 1.54) is 12.8 Å². The Morgan fingerprint density at radius 3 is 2.57 bits per heavy atom. The fourth-order valence-electron chi connectivity index (χ4n) is 4.34. The smallest absolute Gasteiger partial charge is 0.336 e. The molecule has 2 aliphatic heterocycles. The highest BCUT2D eigenvalue weighted by Gasteiger charge is 2.23. The summed E-state index contributed by atoms with van der Waals surface area (Å²) in [6, 6.07) is 19.0. The summed E-state index contributed by atoms with van der Waals surface area (Å²) in [5.74, 6) is 0.476. The topological polar surface area (TPSA) is 62.7 Å². The normalized spacial score (nSPS) is 13.8. The lowest BCUT2D eigenvalue weighted by Crippen LogP contribution is -2.26. The lowest BCUT2D eigenvalue weighted by molar-refractivity contribution is 0.0697. The molecule has 0 saturated carbocycles. The first-order chi connectivity index (χ1) is 14.7. The fourth-order valence-corrected chi connectivity index (χ4v) is 4.34. The molecule has 0 radical (unpaired) electrons. The summed E-state index contributed by atoms with van der Waals surface area (Å²) in [5, 5.41) is 11.8. The first-order valence-electron chi connectivity index (χ1n) is 10.1. The average Bonchev–Trinajstić information content (AvgIpc) is 3.31. The molecule has 2 aromatic rings. The number of methoxy groups -OCH3 is 1. The Labute approximate surface area is 173 Å². The second kappa shape index (κ2) is 7.34. The summed E-state index contributed by atoms with van der Waals surface area (Å²) in [5.41, 5.74) is 3.36. The van der Waals surface area contributed by atoms with Gasteiger partial charge >= 0.3 is 5.97 Å². The van der Waals surface area contributed by atoms with Crippen LogP contribution < -0.4 is 14.7 Å². The van der Waals surface area contributed by atoms with E-state index in [1.54, 1.807) is 19.2 Å². The van der Waals surface area contributed by atoms with E-state index in [1.807, 2.05) is 36.4 Å². The Balaban J connectivity index is 1.90. The van der Waals surface area contributed by atoms with E-state index in [9.17, 15) is 9.90 Å². The van der Waals surface area contributed by atoms with Crippen molar-refractivity contribution >= 4 is 16.9 Å². The summed E-state index contributed by atoms with van der Waals surface area (Å²) >= 11 is 0. The van der Waals surface area contributed by atoms with Gasteiger partial charge in [0.2, 0.25) is 5.36 Å². The summed E-state index contributed by atoms with van der Waals surface area (Å²) in [6.07, 6.45) is 2.39. The number of nitrogens with zero attached hydrogens (tertiary/aromatic N) is 1. The first kappa shape index (κ1) is 18.4. The van der Waals surface area contributed by atoms with Gasteiger partial charge in [-0.2, -0.15) is 0 Å². The number of aromatic carboxylic acids is 1. The fraction of sp³-hybridized carbons (Fsp3) is 0.200. The predicted molar refractivity (Wildman–Crippen MR) is 116 cm³/mol. The number of benzene rings is 3. The largest absolute Gasteiger partial charge is 0.497 e. The molecule has 0 unspecified atom stereocenters. The molecular formula is C25H22NO4+. The van der Waals surface area contributed by atoms with Crippen LogP contribution in [0.2, 0.25) is 0 Å². The van der Waals surface area contributed by atoms with Crippen LogP contribution in [0, 0.1) is 0 Å². The molecule has 1 fully saturated rings. The minimum atomic E-state index is -0.949. The summed E-state index contributed by atoms with van der Waals surface area (Å²) in [4.78, 5) is 11.9. The Hall–Kier alpha value is -3.60. The molecule has 2 heterocycles. The van der Waals surface area contributed by atoms with Crippen molar-refractivity contribution in [2.24, 2.45) is 0 Å². The van der Waals surface area contributed by atoms with Gasteiger partial charge in [0.1, 0.15) is 30.2 Å². The molecule has 3 aliphatic rings. The minimum absolute atomic E-state index is 0.269. The Morgan fingerprint density at radius 1 is 1.00 bits per heavy atom. The highest BCUT2D eigenvalue weighted by atomic mass is 16.5. The lowest BCUT2D eigenvalue weighted by Gasteiger charge is -2.17. The predicted octanol–water partition coefficient (Wildman–Crippen LogP) is 4.48. The quantitative estimate of drug-likeness (QED) is 0.407. The molecular weight excluding hydrogens is 378 g/mol. The molecule has 1 saturated heterocycles. The third kappa shape index (κ3) is 3.03. The van der Waals surface area contributed by atoms with Gasteiger partial charge in [0.15, 0.2) is 0 Å². The minimum Gasteiger partial charge on any atom is -0.497 e. The van der Waals surface area contributed by atoms with Crippen LogP contribution >= 0.6 is 0 Å². The monoisotopic (exact) mass is 400 g/mol. The maximum atomic E-state index is 11.9. The van der Waals surface area contributed by atoms with Gasteiger partial charge in [-0.3, -0.25) is 0 Å². The molecule has 0 bridgehead atoms. The molecule has 5 heteroatoms. The molecule has 30 heavy (non-hydrogen) atoms. The molecule has 5 nitrogen and oxygen atoms in total. The third-order valence-corrected chi connectivity index (χ3v) is 5.81. The van der Waals surface area contributed by atoms with Gasteiger partial charge in [-0.1, -0.05) is 18.2 Å². The zero-order valence-corrected chi connectivity index (χ0v) is 16.7. The Bertz CT molecular complexity index is 1310. The van der Waals surface area contributed by atoms with Crippen LogP contribution in [0.15, 0.2) is 65.1 Å². The molecule has 0 aromatic heterocycles. The maximum absolute atomic E-state index is 11.9. The summed E-state index contributed by atoms with van der Waals surface area (Å²) in [6.45, 7) is 2.09. The molecule has 5 rings (SSSR count). The van der Waals surface area contributed by atoms with Crippen molar-refractivity contribution in [3.63, 3.8) is 0 Å². The van der Waals surface area contributed by atoms with E-state index in [2.05, 4.69) is 16.7 Å². The van der Waals surface area contributed by atoms with E-state index in [4.69, 9.17) is 9.15 Å². The molecule has 2 aromatic carbocycles. The second-order valence-electron chi connectivity index (χ2n) is 7.56. The maximum Gasteiger partial charge on any atom is 0.336 e. The number of carbonyl (C=O) groups is 1. The summed E-state index contributed by atoms with van der Waals surface area (Å²) in [7, 11) is 1.62. The first-order valence-corrected chi connectivity index (χ1v) is 10.1. The van der Waals surface area contributed by atoms with Crippen LogP contribution in [0.3, 0.4) is 0 Å². The zero-order chi connectivity index (χ0) is 20.7. The number of carboxylic acids is 1. The van der Waals surface area contributed by atoms with Crippen LogP contribution in [0.1, 0.15) is 23.2 Å². The Morgan fingerprint density at radius 2 is 1.80 bits per heavy atom. The highest BCUT2D eigenvalue weighted by Crippen LogP contribution is 2.41. The zero-order valence-electron chi connectivity index (χ0n) is 16.7. The van der Waals surface area contributed by atoms with Crippen molar-refractivity contribution in [1.29, 1.82) is 0 Å². The Kier molecular flexibility index (Phi) is 4.51. The van der Waals surface area contributed by atoms with E-state index in [-0.39, 0.29) is 5.56 Å². The SMILES string of the molecule is COc1ccc2c(-c3ccccc3C(=O)O)c3ccc(=[N+]4CCCC4)cc-3oc2c1. The van der Waals surface area contributed by atoms with Crippen LogP contribution in [-0.4, -0.2) is 31.3 Å². The van der Waals surface area contributed by atoms with Gasteiger partial charge in [-0.15, -0.1) is 0 Å².